The molecular formula is C12H21BN2O2. The molecule has 0 bridgehead atoms. The molecule has 0 atom stereocenters. The van der Waals surface area contributed by atoms with Crippen LogP contribution in [0.2, 0.25) is 0 Å². The van der Waals surface area contributed by atoms with Crippen molar-refractivity contribution in [1.29, 1.82) is 0 Å². The first-order valence-corrected chi connectivity index (χ1v) is 5.43. The number of hydrogen-bond acceptors (Lipinski definition) is 3. The maximum atomic E-state index is 8.12. The zero-order valence-electron chi connectivity index (χ0n) is 17.4. The van der Waals surface area contributed by atoms with Crippen LogP contribution in [0.1, 0.15) is 57.0 Å². The fourth-order valence-corrected chi connectivity index (χ4v) is 1.55. The minimum Gasteiger partial charge on any atom is -0.398 e. The van der Waals surface area contributed by atoms with E-state index in [2.05, 4.69) is 4.98 Å². The normalized spacial score (nSPS) is 30.6. The maximum Gasteiger partial charge on any atom is 0.516 e. The fraction of sp³-hybridized carbons (Fsp3) is 0.750. The summed E-state index contributed by atoms with van der Waals surface area (Å²) in [5.41, 5.74) is -1.01. The lowest BCUT2D eigenvalue weighted by molar-refractivity contribution is 0.00578. The molecule has 94 valence electrons. The summed E-state index contributed by atoms with van der Waals surface area (Å²) < 4.78 is 65.5. The van der Waals surface area contributed by atoms with Crippen molar-refractivity contribution in [3.63, 3.8) is 0 Å². The molecule has 0 spiro atoms. The number of hydrogen-bond donors (Lipinski definition) is 0. The molecule has 1 saturated heterocycles. The van der Waals surface area contributed by atoms with Gasteiger partial charge in [-0.2, -0.15) is 0 Å². The average molecular weight is 243 g/mol. The zero-order valence-corrected chi connectivity index (χ0v) is 10.4. The first-order chi connectivity index (χ1) is 10.5. The van der Waals surface area contributed by atoms with Crippen molar-refractivity contribution in [3.8, 4) is 0 Å². The standard InChI is InChI=1S/C12H21BN2O2/c1-9(2)15-7-10(14-8-15)13-16-11(3,4)12(5,6)17-13/h7-9H,1-6H3/i1D3,2D3,9D. The number of aromatic nitrogens is 2. The van der Waals surface area contributed by atoms with E-state index >= 15 is 0 Å². The summed E-state index contributed by atoms with van der Waals surface area (Å²) in [5, 5.41) is 0. The van der Waals surface area contributed by atoms with Gasteiger partial charge in [0.05, 0.1) is 24.5 Å². The molecule has 2 heterocycles. The minimum absolute atomic E-state index is 0.221. The van der Waals surface area contributed by atoms with Gasteiger partial charge in [-0.3, -0.25) is 0 Å². The lowest BCUT2D eigenvalue weighted by Crippen LogP contribution is -2.41. The predicted octanol–water partition coefficient (Wildman–Crippen LogP) is 1.76. The van der Waals surface area contributed by atoms with E-state index in [0.29, 0.717) is 0 Å². The summed E-state index contributed by atoms with van der Waals surface area (Å²) in [5.74, 6) is 0. The average Bonchev–Trinajstić information content (AvgIpc) is 2.89. The Bertz CT molecular complexity index is 594. The molecule has 1 aromatic rings. The van der Waals surface area contributed by atoms with Gasteiger partial charge in [0.15, 0.2) is 0 Å². The Hall–Kier alpha value is -0.805. The Kier molecular flexibility index (Phi) is 1.45. The third-order valence-electron chi connectivity index (χ3n) is 3.36. The van der Waals surface area contributed by atoms with Gasteiger partial charge < -0.3 is 13.9 Å². The van der Waals surface area contributed by atoms with Gasteiger partial charge in [0.25, 0.3) is 0 Å². The second-order valence-electron chi connectivity index (χ2n) is 5.14. The van der Waals surface area contributed by atoms with Gasteiger partial charge in [-0.05, 0) is 41.4 Å². The second kappa shape index (κ2) is 3.85. The van der Waals surface area contributed by atoms with E-state index in [4.69, 9.17) is 18.9 Å². The molecule has 1 aromatic heterocycles. The second-order valence-corrected chi connectivity index (χ2v) is 5.14. The van der Waals surface area contributed by atoms with Crippen LogP contribution in [0.5, 0.6) is 0 Å². The highest BCUT2D eigenvalue weighted by Crippen LogP contribution is 2.36. The summed E-state index contributed by atoms with van der Waals surface area (Å²) in [7, 11) is -0.867. The van der Waals surface area contributed by atoms with E-state index in [1.807, 2.05) is 27.7 Å². The van der Waals surface area contributed by atoms with Crippen molar-refractivity contribution in [1.82, 2.24) is 9.55 Å². The third kappa shape index (κ3) is 2.14. The molecular weight excluding hydrogens is 215 g/mol. The van der Waals surface area contributed by atoms with Gasteiger partial charge in [0.1, 0.15) is 0 Å². The van der Waals surface area contributed by atoms with Crippen molar-refractivity contribution >= 4 is 12.7 Å². The Balaban J connectivity index is 2.41. The molecule has 0 radical (unpaired) electrons. The number of imidazole rings is 1. The summed E-state index contributed by atoms with van der Waals surface area (Å²) in [6, 6.07) is -2.85. The van der Waals surface area contributed by atoms with E-state index in [1.54, 1.807) is 0 Å². The van der Waals surface area contributed by atoms with Crippen LogP contribution in [0.15, 0.2) is 12.5 Å². The van der Waals surface area contributed by atoms with Crippen LogP contribution < -0.4 is 5.59 Å². The Morgan fingerprint density at radius 3 is 2.47 bits per heavy atom. The first kappa shape index (κ1) is 6.39. The smallest absolute Gasteiger partial charge is 0.398 e. The number of rotatable bonds is 2. The molecule has 0 aliphatic carbocycles. The molecule has 0 amide bonds. The van der Waals surface area contributed by atoms with Crippen molar-refractivity contribution in [2.75, 3.05) is 0 Å². The van der Waals surface area contributed by atoms with Gasteiger partial charge in [0, 0.05) is 20.4 Å². The topological polar surface area (TPSA) is 36.3 Å². The lowest BCUT2D eigenvalue weighted by Gasteiger charge is -2.32. The quantitative estimate of drug-likeness (QED) is 0.742. The molecule has 0 unspecified atom stereocenters. The minimum atomic E-state index is -3.08. The van der Waals surface area contributed by atoms with E-state index < -0.39 is 38.0 Å². The lowest BCUT2D eigenvalue weighted by atomic mass is 9.86. The molecule has 0 saturated carbocycles. The molecule has 5 heteroatoms. The molecule has 2 rings (SSSR count). The summed E-state index contributed by atoms with van der Waals surface area (Å²) in [6.07, 6.45) is 2.21. The molecule has 0 aromatic carbocycles. The van der Waals surface area contributed by atoms with Gasteiger partial charge in [-0.15, -0.1) is 0 Å². The van der Waals surface area contributed by atoms with Crippen molar-refractivity contribution in [2.24, 2.45) is 0 Å². The van der Waals surface area contributed by atoms with Gasteiger partial charge in [-0.25, -0.2) is 4.98 Å². The SMILES string of the molecule is [2H]C([2H])([2H])C([2H])(n1cnc(B2OC(C)(C)C(C)(C)O2)c1)C([2H])([2H])[2H]. The largest absolute Gasteiger partial charge is 0.516 e. The van der Waals surface area contributed by atoms with Crippen molar-refractivity contribution in [2.45, 2.75) is 58.6 Å². The van der Waals surface area contributed by atoms with E-state index in [0.717, 1.165) is 10.9 Å². The summed E-state index contributed by atoms with van der Waals surface area (Å²) in [4.78, 5) is 4.02. The van der Waals surface area contributed by atoms with Gasteiger partial charge >= 0.3 is 7.12 Å². The zero-order chi connectivity index (χ0) is 18.8. The highest BCUT2D eigenvalue weighted by molar-refractivity contribution is 6.61. The Labute approximate surface area is 113 Å². The Morgan fingerprint density at radius 1 is 1.35 bits per heavy atom. The van der Waals surface area contributed by atoms with Crippen LogP contribution in [0, 0.1) is 0 Å². The van der Waals surface area contributed by atoms with Crippen molar-refractivity contribution in [3.05, 3.63) is 12.5 Å². The van der Waals surface area contributed by atoms with Crippen LogP contribution in [-0.2, 0) is 9.31 Å². The molecule has 0 N–H and O–H groups in total. The Morgan fingerprint density at radius 2 is 1.94 bits per heavy atom. The maximum absolute atomic E-state index is 8.12. The summed E-state index contributed by atoms with van der Waals surface area (Å²) in [6.45, 7) is 1.25. The number of nitrogens with zero attached hydrogens (tertiary/aromatic N) is 2. The van der Waals surface area contributed by atoms with Crippen LogP contribution >= 0.6 is 0 Å². The predicted molar refractivity (Wildman–Crippen MR) is 68.3 cm³/mol. The molecule has 1 aliphatic rings. The van der Waals surface area contributed by atoms with Gasteiger partial charge in [0.2, 0.25) is 0 Å². The van der Waals surface area contributed by atoms with Crippen LogP contribution in [0.3, 0.4) is 0 Å². The van der Waals surface area contributed by atoms with Crippen LogP contribution in [0.25, 0.3) is 0 Å². The summed E-state index contributed by atoms with van der Waals surface area (Å²) >= 11 is 0. The van der Waals surface area contributed by atoms with Gasteiger partial charge in [-0.1, -0.05) is 0 Å². The van der Waals surface area contributed by atoms with Crippen molar-refractivity contribution < 1.29 is 18.9 Å². The highest BCUT2D eigenvalue weighted by Gasteiger charge is 2.52. The van der Waals surface area contributed by atoms with E-state index in [-0.39, 0.29) is 5.59 Å². The first-order valence-electron chi connectivity index (χ1n) is 8.93. The van der Waals surface area contributed by atoms with Crippen LogP contribution in [-0.4, -0.2) is 27.9 Å². The third-order valence-corrected chi connectivity index (χ3v) is 3.36. The monoisotopic (exact) mass is 243 g/mol. The molecule has 1 aliphatic heterocycles. The van der Waals surface area contributed by atoms with E-state index in [1.165, 1.54) is 6.20 Å². The molecule has 17 heavy (non-hydrogen) atoms. The highest BCUT2D eigenvalue weighted by atomic mass is 16.7. The van der Waals surface area contributed by atoms with E-state index in [9.17, 15) is 0 Å². The molecule has 1 fully saturated rings. The molecule has 4 nitrogen and oxygen atoms in total. The van der Waals surface area contributed by atoms with Crippen LogP contribution in [0.4, 0.5) is 0 Å². The fourth-order valence-electron chi connectivity index (χ4n) is 1.55.